The molecule has 6 heteroatoms. The van der Waals surface area contributed by atoms with Crippen LogP contribution in [0.15, 0.2) is 36.9 Å². The van der Waals surface area contributed by atoms with Crippen LogP contribution in [-0.2, 0) is 6.54 Å². The number of carbonyl (C=O) groups excluding carboxylic acids is 1. The standard InChI is InChI=1S/C18H15ClFNO3/c1-10-16-11(7-8-15(23-2)17(16)24-3)18(22)21(10)9-12-13(19)5-4-6-14(12)20/h4-8H,1,9H2,2-3H3. The third kappa shape index (κ3) is 2.41. The molecular weight excluding hydrogens is 333 g/mol. The van der Waals surface area contributed by atoms with Crippen molar-refractivity contribution in [3.8, 4) is 11.5 Å². The number of amides is 1. The highest BCUT2D eigenvalue weighted by atomic mass is 35.5. The highest BCUT2D eigenvalue weighted by Crippen LogP contribution is 2.44. The zero-order valence-electron chi connectivity index (χ0n) is 13.2. The molecule has 2 aromatic rings. The van der Waals surface area contributed by atoms with E-state index in [-0.39, 0.29) is 23.0 Å². The summed E-state index contributed by atoms with van der Waals surface area (Å²) < 4.78 is 24.7. The number of carbonyl (C=O) groups is 1. The van der Waals surface area contributed by atoms with Crippen molar-refractivity contribution in [3.63, 3.8) is 0 Å². The van der Waals surface area contributed by atoms with Gasteiger partial charge in [-0.15, -0.1) is 0 Å². The summed E-state index contributed by atoms with van der Waals surface area (Å²) in [6.45, 7) is 3.96. The first-order valence-electron chi connectivity index (χ1n) is 7.18. The van der Waals surface area contributed by atoms with Gasteiger partial charge in [-0.3, -0.25) is 4.79 Å². The van der Waals surface area contributed by atoms with Gasteiger partial charge in [0.1, 0.15) is 5.82 Å². The first kappa shape index (κ1) is 16.3. The zero-order chi connectivity index (χ0) is 17.4. The molecular formula is C18H15ClFNO3. The van der Waals surface area contributed by atoms with Gasteiger partial charge in [-0.1, -0.05) is 24.2 Å². The monoisotopic (exact) mass is 347 g/mol. The van der Waals surface area contributed by atoms with Gasteiger partial charge in [0.05, 0.1) is 31.9 Å². The number of nitrogens with zero attached hydrogens (tertiary/aromatic N) is 1. The second kappa shape index (κ2) is 6.17. The van der Waals surface area contributed by atoms with Crippen molar-refractivity contribution in [2.45, 2.75) is 6.54 Å². The summed E-state index contributed by atoms with van der Waals surface area (Å²) in [7, 11) is 3.01. The van der Waals surface area contributed by atoms with Crippen LogP contribution in [0.25, 0.3) is 5.70 Å². The minimum atomic E-state index is -0.469. The smallest absolute Gasteiger partial charge is 0.259 e. The zero-order valence-corrected chi connectivity index (χ0v) is 14.0. The number of halogens is 2. The lowest BCUT2D eigenvalue weighted by atomic mass is 10.1. The molecule has 1 aliphatic rings. The molecule has 3 rings (SSSR count). The lowest BCUT2D eigenvalue weighted by Gasteiger charge is -2.19. The van der Waals surface area contributed by atoms with Crippen LogP contribution >= 0.6 is 11.6 Å². The molecule has 1 heterocycles. The Balaban J connectivity index is 2.05. The average Bonchev–Trinajstić information content (AvgIpc) is 2.81. The maximum Gasteiger partial charge on any atom is 0.259 e. The van der Waals surface area contributed by atoms with E-state index in [9.17, 15) is 9.18 Å². The maximum atomic E-state index is 14.1. The third-order valence-electron chi connectivity index (χ3n) is 4.01. The Bertz CT molecular complexity index is 830. The van der Waals surface area contributed by atoms with E-state index >= 15 is 0 Å². The normalized spacial score (nSPS) is 13.2. The largest absolute Gasteiger partial charge is 0.493 e. The van der Waals surface area contributed by atoms with Crippen LogP contribution in [0.5, 0.6) is 11.5 Å². The first-order chi connectivity index (χ1) is 11.5. The Kier molecular flexibility index (Phi) is 4.20. The van der Waals surface area contributed by atoms with E-state index in [1.54, 1.807) is 18.2 Å². The van der Waals surface area contributed by atoms with Crippen LogP contribution < -0.4 is 9.47 Å². The molecule has 0 aliphatic carbocycles. The Hall–Kier alpha value is -2.53. The van der Waals surface area contributed by atoms with Gasteiger partial charge >= 0.3 is 0 Å². The fourth-order valence-electron chi connectivity index (χ4n) is 2.80. The van der Waals surface area contributed by atoms with E-state index in [0.29, 0.717) is 28.3 Å². The summed E-state index contributed by atoms with van der Waals surface area (Å²) in [5, 5.41) is 0.260. The number of rotatable bonds is 4. The molecule has 0 saturated heterocycles. The number of benzene rings is 2. The molecule has 1 amide bonds. The summed E-state index contributed by atoms with van der Waals surface area (Å²) in [6, 6.07) is 7.71. The lowest BCUT2D eigenvalue weighted by molar-refractivity contribution is 0.0842. The van der Waals surface area contributed by atoms with E-state index < -0.39 is 5.82 Å². The van der Waals surface area contributed by atoms with Crippen LogP contribution in [0.3, 0.4) is 0 Å². The molecule has 0 saturated carbocycles. The average molecular weight is 348 g/mol. The predicted molar refractivity (Wildman–Crippen MR) is 89.9 cm³/mol. The van der Waals surface area contributed by atoms with Crippen molar-refractivity contribution >= 4 is 23.2 Å². The van der Waals surface area contributed by atoms with Crippen molar-refractivity contribution in [1.82, 2.24) is 4.90 Å². The molecule has 0 radical (unpaired) electrons. The second-order valence-corrected chi connectivity index (χ2v) is 5.67. The van der Waals surface area contributed by atoms with Gasteiger partial charge in [0.25, 0.3) is 5.91 Å². The van der Waals surface area contributed by atoms with Gasteiger partial charge in [-0.25, -0.2) is 4.39 Å². The summed E-state index contributed by atoms with van der Waals surface area (Å²) in [4.78, 5) is 14.1. The Morgan fingerprint density at radius 1 is 1.21 bits per heavy atom. The summed E-state index contributed by atoms with van der Waals surface area (Å²) in [5.41, 5.74) is 1.65. The van der Waals surface area contributed by atoms with Crippen LogP contribution in [0, 0.1) is 5.82 Å². The van der Waals surface area contributed by atoms with Crippen molar-refractivity contribution in [3.05, 3.63) is 64.4 Å². The van der Waals surface area contributed by atoms with Gasteiger partial charge < -0.3 is 14.4 Å². The van der Waals surface area contributed by atoms with Gasteiger partial charge in [-0.05, 0) is 24.3 Å². The fourth-order valence-corrected chi connectivity index (χ4v) is 3.03. The summed E-state index contributed by atoms with van der Waals surface area (Å²) in [5.74, 6) is 0.172. The first-order valence-corrected chi connectivity index (χ1v) is 7.56. The molecule has 124 valence electrons. The Morgan fingerprint density at radius 3 is 2.58 bits per heavy atom. The summed E-state index contributed by atoms with van der Waals surface area (Å²) >= 11 is 6.07. The second-order valence-electron chi connectivity index (χ2n) is 5.26. The Labute approximate surface area is 144 Å². The highest BCUT2D eigenvalue weighted by Gasteiger charge is 2.35. The van der Waals surface area contributed by atoms with Gasteiger partial charge in [-0.2, -0.15) is 0 Å². The number of hydrogen-bond donors (Lipinski definition) is 0. The van der Waals surface area contributed by atoms with E-state index in [0.717, 1.165) is 0 Å². The van der Waals surface area contributed by atoms with Crippen LogP contribution in [-0.4, -0.2) is 25.0 Å². The van der Waals surface area contributed by atoms with Crippen LogP contribution in [0.4, 0.5) is 4.39 Å². The van der Waals surface area contributed by atoms with Gasteiger partial charge in [0.15, 0.2) is 11.5 Å². The molecule has 0 N–H and O–H groups in total. The quantitative estimate of drug-likeness (QED) is 0.835. The SMILES string of the molecule is C=C1c2c(ccc(OC)c2OC)C(=O)N1Cc1c(F)cccc1Cl. The number of hydrogen-bond acceptors (Lipinski definition) is 3. The predicted octanol–water partition coefficient (Wildman–Crippen LogP) is 4.12. The van der Waals surface area contributed by atoms with Crippen LogP contribution in [0.1, 0.15) is 21.5 Å². The van der Waals surface area contributed by atoms with Crippen molar-refractivity contribution in [2.24, 2.45) is 0 Å². The molecule has 0 spiro atoms. The molecule has 2 aromatic carbocycles. The van der Waals surface area contributed by atoms with Crippen molar-refractivity contribution in [1.29, 1.82) is 0 Å². The summed E-state index contributed by atoms with van der Waals surface area (Å²) in [6.07, 6.45) is 0. The molecule has 24 heavy (non-hydrogen) atoms. The molecule has 0 fully saturated rings. The Morgan fingerprint density at radius 2 is 1.96 bits per heavy atom. The third-order valence-corrected chi connectivity index (χ3v) is 4.37. The number of ether oxygens (including phenoxy) is 2. The maximum absolute atomic E-state index is 14.1. The molecule has 0 atom stereocenters. The molecule has 1 aliphatic heterocycles. The minimum absolute atomic E-state index is 0.0106. The number of fused-ring (bicyclic) bond motifs is 1. The topological polar surface area (TPSA) is 38.8 Å². The molecule has 0 bridgehead atoms. The van der Waals surface area contributed by atoms with E-state index in [1.807, 2.05) is 0 Å². The molecule has 4 nitrogen and oxygen atoms in total. The van der Waals surface area contributed by atoms with Crippen LogP contribution in [0.2, 0.25) is 5.02 Å². The van der Waals surface area contributed by atoms with Gasteiger partial charge in [0, 0.05) is 16.3 Å². The van der Waals surface area contributed by atoms with E-state index in [4.69, 9.17) is 21.1 Å². The molecule has 0 unspecified atom stereocenters. The highest BCUT2D eigenvalue weighted by molar-refractivity contribution is 6.31. The minimum Gasteiger partial charge on any atom is -0.493 e. The fraction of sp³-hybridized carbons (Fsp3) is 0.167. The lowest BCUT2D eigenvalue weighted by Crippen LogP contribution is -2.23. The van der Waals surface area contributed by atoms with E-state index in [2.05, 4.69) is 6.58 Å². The molecule has 0 aromatic heterocycles. The van der Waals surface area contributed by atoms with E-state index in [1.165, 1.54) is 31.3 Å². The number of methoxy groups -OCH3 is 2. The van der Waals surface area contributed by atoms with Gasteiger partial charge in [0.2, 0.25) is 0 Å². The van der Waals surface area contributed by atoms with Crippen molar-refractivity contribution < 1.29 is 18.7 Å². The van der Waals surface area contributed by atoms with Crippen molar-refractivity contribution in [2.75, 3.05) is 14.2 Å².